The first kappa shape index (κ1) is 18.0. The fraction of sp³-hybridized carbons (Fsp3) is 0.0556. The second kappa shape index (κ2) is 7.63. The van der Waals surface area contributed by atoms with Gasteiger partial charge in [0.1, 0.15) is 12.2 Å². The van der Waals surface area contributed by atoms with E-state index >= 15 is 0 Å². The van der Waals surface area contributed by atoms with E-state index < -0.39 is 24.5 Å². The van der Waals surface area contributed by atoms with Crippen LogP contribution in [0.1, 0.15) is 5.56 Å². The zero-order valence-corrected chi connectivity index (χ0v) is 14.9. The van der Waals surface area contributed by atoms with Gasteiger partial charge in [-0.1, -0.05) is 41.6 Å². The van der Waals surface area contributed by atoms with Crippen LogP contribution < -0.4 is 5.32 Å². The Hall–Kier alpha value is -2.77. The standard InChI is InChI=1S/C18H13ClN2O4S/c19-12-5-7-13(8-6-12)26-15-4-2-1-3-11(15)9-14-17(24)21(10-16(22)23)18(25)20-14/h1-9H,10H2,(H,20,25)(H,22,23)/b14-9-. The highest BCUT2D eigenvalue weighted by atomic mass is 35.5. The monoisotopic (exact) mass is 388 g/mol. The zero-order chi connectivity index (χ0) is 18.7. The van der Waals surface area contributed by atoms with Gasteiger partial charge in [-0.25, -0.2) is 9.69 Å². The molecule has 3 amide bonds. The van der Waals surface area contributed by atoms with Gasteiger partial charge in [-0.05, 0) is 42.0 Å². The van der Waals surface area contributed by atoms with Gasteiger partial charge < -0.3 is 10.4 Å². The number of carboxylic acid groups (broad SMARTS) is 1. The summed E-state index contributed by atoms with van der Waals surface area (Å²) in [6.07, 6.45) is 1.54. The molecule has 26 heavy (non-hydrogen) atoms. The maximum Gasteiger partial charge on any atom is 0.329 e. The van der Waals surface area contributed by atoms with Gasteiger partial charge in [0, 0.05) is 14.8 Å². The number of nitrogens with one attached hydrogen (secondary N) is 1. The lowest BCUT2D eigenvalue weighted by molar-refractivity contribution is -0.140. The van der Waals surface area contributed by atoms with E-state index in [-0.39, 0.29) is 5.70 Å². The van der Waals surface area contributed by atoms with Gasteiger partial charge in [0.25, 0.3) is 5.91 Å². The highest BCUT2D eigenvalue weighted by molar-refractivity contribution is 7.99. The highest BCUT2D eigenvalue weighted by Crippen LogP contribution is 2.32. The fourth-order valence-corrected chi connectivity index (χ4v) is 3.37. The number of carbonyl (C=O) groups is 3. The summed E-state index contributed by atoms with van der Waals surface area (Å²) >= 11 is 7.38. The molecule has 3 rings (SSSR count). The molecule has 2 aromatic carbocycles. The highest BCUT2D eigenvalue weighted by Gasteiger charge is 2.34. The predicted octanol–water partition coefficient (Wildman–Crippen LogP) is 3.47. The minimum atomic E-state index is -1.26. The molecule has 8 heteroatoms. The lowest BCUT2D eigenvalue weighted by Crippen LogP contribution is -2.35. The van der Waals surface area contributed by atoms with Crippen LogP contribution >= 0.6 is 23.4 Å². The van der Waals surface area contributed by atoms with Crippen LogP contribution in [0, 0.1) is 0 Å². The molecule has 1 aliphatic heterocycles. The van der Waals surface area contributed by atoms with Crippen LogP contribution in [0.3, 0.4) is 0 Å². The molecule has 1 fully saturated rings. The summed E-state index contributed by atoms with van der Waals surface area (Å²) in [5, 5.41) is 11.9. The molecule has 0 aliphatic carbocycles. The van der Waals surface area contributed by atoms with Crippen molar-refractivity contribution in [3.8, 4) is 0 Å². The molecule has 0 unspecified atom stereocenters. The van der Waals surface area contributed by atoms with Crippen LogP contribution in [0.5, 0.6) is 0 Å². The summed E-state index contributed by atoms with van der Waals surface area (Å²) in [7, 11) is 0. The number of hydrogen-bond donors (Lipinski definition) is 2. The number of benzene rings is 2. The molecule has 0 radical (unpaired) electrons. The van der Waals surface area contributed by atoms with E-state index in [0.717, 1.165) is 15.4 Å². The number of rotatable bonds is 5. The Balaban J connectivity index is 1.87. The molecule has 132 valence electrons. The Bertz CT molecular complexity index is 912. The van der Waals surface area contributed by atoms with E-state index in [1.54, 1.807) is 18.2 Å². The Labute approximate surface area is 158 Å². The van der Waals surface area contributed by atoms with Crippen molar-refractivity contribution in [3.05, 3.63) is 64.8 Å². The van der Waals surface area contributed by atoms with Crippen molar-refractivity contribution in [1.29, 1.82) is 0 Å². The van der Waals surface area contributed by atoms with E-state index in [1.807, 2.05) is 36.4 Å². The topological polar surface area (TPSA) is 86.7 Å². The number of urea groups is 1. The molecule has 0 bridgehead atoms. The minimum Gasteiger partial charge on any atom is -0.480 e. The van der Waals surface area contributed by atoms with Gasteiger partial charge in [-0.3, -0.25) is 9.59 Å². The van der Waals surface area contributed by atoms with Crippen LogP contribution in [0.4, 0.5) is 4.79 Å². The first-order valence-corrected chi connectivity index (χ1v) is 8.72. The third-order valence-electron chi connectivity index (χ3n) is 3.52. The van der Waals surface area contributed by atoms with Crippen molar-refractivity contribution in [2.45, 2.75) is 9.79 Å². The molecular formula is C18H13ClN2O4S. The molecule has 1 heterocycles. The van der Waals surface area contributed by atoms with Gasteiger partial charge >= 0.3 is 12.0 Å². The largest absolute Gasteiger partial charge is 0.480 e. The van der Waals surface area contributed by atoms with E-state index in [0.29, 0.717) is 9.92 Å². The van der Waals surface area contributed by atoms with Gasteiger partial charge in [-0.15, -0.1) is 0 Å². The summed E-state index contributed by atoms with van der Waals surface area (Å²) in [5.74, 6) is -1.92. The molecule has 2 N–H and O–H groups in total. The van der Waals surface area contributed by atoms with E-state index in [1.165, 1.54) is 11.8 Å². The molecule has 2 aromatic rings. The number of amides is 3. The maximum atomic E-state index is 12.3. The minimum absolute atomic E-state index is 0.0420. The predicted molar refractivity (Wildman–Crippen MR) is 97.9 cm³/mol. The second-order valence-electron chi connectivity index (χ2n) is 5.37. The summed E-state index contributed by atoms with van der Waals surface area (Å²) in [6, 6.07) is 14.0. The molecule has 0 spiro atoms. The van der Waals surface area contributed by atoms with Crippen LogP contribution in [-0.4, -0.2) is 34.5 Å². The number of aliphatic carboxylic acids is 1. The van der Waals surface area contributed by atoms with Crippen molar-refractivity contribution >= 4 is 47.3 Å². The maximum absolute atomic E-state index is 12.3. The number of hydrogen-bond acceptors (Lipinski definition) is 4. The normalized spacial score (nSPS) is 15.4. The van der Waals surface area contributed by atoms with Crippen molar-refractivity contribution < 1.29 is 19.5 Å². The fourth-order valence-electron chi connectivity index (χ4n) is 2.33. The van der Waals surface area contributed by atoms with Crippen LogP contribution in [0.25, 0.3) is 6.08 Å². The van der Waals surface area contributed by atoms with Crippen LogP contribution in [-0.2, 0) is 9.59 Å². The lowest BCUT2D eigenvalue weighted by atomic mass is 10.2. The van der Waals surface area contributed by atoms with Crippen molar-refractivity contribution in [2.75, 3.05) is 6.54 Å². The Morgan fingerprint density at radius 3 is 2.54 bits per heavy atom. The molecule has 6 nitrogen and oxygen atoms in total. The van der Waals surface area contributed by atoms with Crippen molar-refractivity contribution in [3.63, 3.8) is 0 Å². The summed E-state index contributed by atoms with van der Waals surface area (Å²) in [6.45, 7) is -0.677. The number of imide groups is 1. The SMILES string of the molecule is O=C(O)CN1C(=O)N/C(=C\c2ccccc2Sc2ccc(Cl)cc2)C1=O. The second-order valence-corrected chi connectivity index (χ2v) is 6.92. The van der Waals surface area contributed by atoms with Gasteiger partial charge in [0.2, 0.25) is 0 Å². The lowest BCUT2D eigenvalue weighted by Gasteiger charge is -2.08. The summed E-state index contributed by atoms with van der Waals surface area (Å²) in [5.41, 5.74) is 0.772. The number of nitrogens with zero attached hydrogens (tertiary/aromatic N) is 1. The van der Waals surface area contributed by atoms with E-state index in [4.69, 9.17) is 16.7 Å². The summed E-state index contributed by atoms with van der Waals surface area (Å²) in [4.78, 5) is 37.3. The van der Waals surface area contributed by atoms with Crippen molar-refractivity contribution in [1.82, 2.24) is 10.2 Å². The molecular weight excluding hydrogens is 376 g/mol. The first-order chi connectivity index (χ1) is 12.4. The van der Waals surface area contributed by atoms with E-state index in [9.17, 15) is 14.4 Å². The molecule has 0 atom stereocenters. The number of carbonyl (C=O) groups excluding carboxylic acids is 2. The first-order valence-electron chi connectivity index (χ1n) is 7.53. The third kappa shape index (κ3) is 4.07. The number of halogens is 1. The molecule has 0 aromatic heterocycles. The Morgan fingerprint density at radius 1 is 1.15 bits per heavy atom. The quantitative estimate of drug-likeness (QED) is 0.605. The average molecular weight is 389 g/mol. The Kier molecular flexibility index (Phi) is 5.29. The van der Waals surface area contributed by atoms with Crippen molar-refractivity contribution in [2.24, 2.45) is 0 Å². The van der Waals surface area contributed by atoms with Gasteiger partial charge in [0.15, 0.2) is 0 Å². The van der Waals surface area contributed by atoms with Crippen LogP contribution in [0.2, 0.25) is 5.02 Å². The molecule has 1 aliphatic rings. The zero-order valence-electron chi connectivity index (χ0n) is 13.3. The molecule has 0 saturated carbocycles. The third-order valence-corrected chi connectivity index (χ3v) is 4.87. The van der Waals surface area contributed by atoms with E-state index in [2.05, 4.69) is 5.32 Å². The van der Waals surface area contributed by atoms with Gasteiger partial charge in [-0.2, -0.15) is 0 Å². The number of carboxylic acids is 1. The molecule has 1 saturated heterocycles. The van der Waals surface area contributed by atoms with Gasteiger partial charge in [0.05, 0.1) is 0 Å². The average Bonchev–Trinajstić information content (AvgIpc) is 2.86. The smallest absolute Gasteiger partial charge is 0.329 e. The Morgan fingerprint density at radius 2 is 1.85 bits per heavy atom. The van der Waals surface area contributed by atoms with Crippen LogP contribution in [0.15, 0.2) is 64.0 Å². The summed E-state index contributed by atoms with van der Waals surface area (Å²) < 4.78 is 0.